The van der Waals surface area contributed by atoms with Gasteiger partial charge >= 0.3 is 5.97 Å². The topological polar surface area (TPSA) is 57.5 Å². The summed E-state index contributed by atoms with van der Waals surface area (Å²) in [5.74, 6) is -0.874. The molecule has 0 aromatic carbocycles. The maximum atomic E-state index is 11.0. The van der Waals surface area contributed by atoms with Crippen molar-refractivity contribution in [3.05, 3.63) is 0 Å². The molecule has 0 aliphatic heterocycles. The molecule has 0 saturated heterocycles. The van der Waals surface area contributed by atoms with Crippen LogP contribution >= 0.6 is 0 Å². The van der Waals surface area contributed by atoms with Crippen molar-refractivity contribution < 1.29 is 15.0 Å². The number of aliphatic carboxylic acids is 1. The second-order valence-corrected chi connectivity index (χ2v) is 7.18. The fraction of sp³-hybridized carbons (Fsp3) is 0.950. The van der Waals surface area contributed by atoms with E-state index in [9.17, 15) is 9.90 Å². The van der Waals surface area contributed by atoms with Crippen LogP contribution in [0, 0.1) is 0 Å². The summed E-state index contributed by atoms with van der Waals surface area (Å²) in [5, 5.41) is 19.7. The van der Waals surface area contributed by atoms with Crippen molar-refractivity contribution in [2.45, 2.75) is 122 Å². The Morgan fingerprint density at radius 2 is 1.04 bits per heavy atom. The van der Waals surface area contributed by atoms with Crippen molar-refractivity contribution in [1.29, 1.82) is 0 Å². The molecule has 0 heterocycles. The molecule has 23 heavy (non-hydrogen) atoms. The Bertz CT molecular complexity index is 278. The highest BCUT2D eigenvalue weighted by atomic mass is 16.4. The molecule has 3 nitrogen and oxygen atoms in total. The highest BCUT2D eigenvalue weighted by Crippen LogP contribution is 2.26. The van der Waals surface area contributed by atoms with Crippen LogP contribution in [0.25, 0.3) is 0 Å². The van der Waals surface area contributed by atoms with Crippen LogP contribution in [-0.2, 0) is 4.79 Å². The molecule has 0 spiro atoms. The van der Waals surface area contributed by atoms with Crippen LogP contribution in [0.3, 0.4) is 0 Å². The van der Waals surface area contributed by atoms with Crippen LogP contribution in [0.15, 0.2) is 0 Å². The number of carbonyl (C=O) groups is 1. The van der Waals surface area contributed by atoms with Crippen LogP contribution in [-0.4, -0.2) is 21.8 Å². The number of rotatable bonds is 17. The molecule has 0 saturated carbocycles. The zero-order valence-electron chi connectivity index (χ0n) is 15.6. The molecule has 0 aliphatic carbocycles. The molecule has 2 N–H and O–H groups in total. The van der Waals surface area contributed by atoms with Gasteiger partial charge in [0.2, 0.25) is 0 Å². The summed E-state index contributed by atoms with van der Waals surface area (Å²) in [4.78, 5) is 11.0. The average Bonchev–Trinajstić information content (AvgIpc) is 2.49. The van der Waals surface area contributed by atoms with Crippen molar-refractivity contribution in [1.82, 2.24) is 0 Å². The fourth-order valence-corrected chi connectivity index (χ4v) is 3.23. The molecule has 0 fully saturated rings. The SMILES string of the molecule is CCCCCCCCCCC(O)(CCCCCCC)CC(=O)O. The third-order valence-corrected chi connectivity index (χ3v) is 4.72. The third kappa shape index (κ3) is 14.7. The normalized spacial score (nSPS) is 13.9. The Morgan fingerprint density at radius 1 is 0.696 bits per heavy atom. The molecule has 0 aromatic heterocycles. The first-order valence-corrected chi connectivity index (χ1v) is 9.98. The van der Waals surface area contributed by atoms with E-state index in [0.29, 0.717) is 12.8 Å². The van der Waals surface area contributed by atoms with Crippen molar-refractivity contribution in [3.63, 3.8) is 0 Å². The standard InChI is InChI=1S/C20H40O3/c1-3-5-7-9-10-11-13-15-17-20(23,18-19(21)22)16-14-12-8-6-4-2/h23H,3-18H2,1-2H3,(H,21,22). The summed E-state index contributed by atoms with van der Waals surface area (Å²) in [6.07, 6.45) is 16.7. The van der Waals surface area contributed by atoms with E-state index in [0.717, 1.165) is 25.7 Å². The van der Waals surface area contributed by atoms with E-state index in [-0.39, 0.29) is 6.42 Å². The van der Waals surface area contributed by atoms with Gasteiger partial charge in [0.15, 0.2) is 0 Å². The van der Waals surface area contributed by atoms with Crippen LogP contribution in [0.4, 0.5) is 0 Å². The molecule has 1 unspecified atom stereocenters. The Kier molecular flexibility index (Phi) is 14.6. The molecule has 0 aromatic rings. The van der Waals surface area contributed by atoms with E-state index in [1.54, 1.807) is 0 Å². The minimum atomic E-state index is -0.986. The summed E-state index contributed by atoms with van der Waals surface area (Å²) in [6.45, 7) is 4.41. The van der Waals surface area contributed by atoms with Gasteiger partial charge in [0.05, 0.1) is 12.0 Å². The predicted octanol–water partition coefficient (Wildman–Crippen LogP) is 6.08. The van der Waals surface area contributed by atoms with Crippen LogP contribution in [0.2, 0.25) is 0 Å². The highest BCUT2D eigenvalue weighted by Gasteiger charge is 2.28. The molecule has 0 rings (SSSR count). The van der Waals surface area contributed by atoms with E-state index in [1.807, 2.05) is 0 Å². The summed E-state index contributed by atoms with van der Waals surface area (Å²) in [7, 11) is 0. The Morgan fingerprint density at radius 3 is 1.39 bits per heavy atom. The van der Waals surface area contributed by atoms with E-state index >= 15 is 0 Å². The number of carboxylic acids is 1. The quantitative estimate of drug-likeness (QED) is 0.318. The number of hydrogen-bond acceptors (Lipinski definition) is 2. The second-order valence-electron chi connectivity index (χ2n) is 7.18. The lowest BCUT2D eigenvalue weighted by molar-refractivity contribution is -0.143. The lowest BCUT2D eigenvalue weighted by atomic mass is 9.87. The monoisotopic (exact) mass is 328 g/mol. The first-order chi connectivity index (χ1) is 11.0. The highest BCUT2D eigenvalue weighted by molar-refractivity contribution is 5.68. The molecule has 0 bridgehead atoms. The van der Waals surface area contributed by atoms with Gasteiger partial charge in [0.25, 0.3) is 0 Å². The first-order valence-electron chi connectivity index (χ1n) is 9.98. The van der Waals surface area contributed by atoms with Gasteiger partial charge in [-0.05, 0) is 12.8 Å². The van der Waals surface area contributed by atoms with Gasteiger partial charge in [0.1, 0.15) is 0 Å². The van der Waals surface area contributed by atoms with E-state index in [2.05, 4.69) is 13.8 Å². The van der Waals surface area contributed by atoms with E-state index in [4.69, 9.17) is 5.11 Å². The smallest absolute Gasteiger partial charge is 0.306 e. The summed E-state index contributed by atoms with van der Waals surface area (Å²) in [5.41, 5.74) is -0.986. The lowest BCUT2D eigenvalue weighted by Crippen LogP contribution is -2.31. The molecular weight excluding hydrogens is 288 g/mol. The van der Waals surface area contributed by atoms with Gasteiger partial charge in [0, 0.05) is 0 Å². The zero-order chi connectivity index (χ0) is 17.4. The van der Waals surface area contributed by atoms with E-state index < -0.39 is 11.6 Å². The molecule has 1 atom stereocenters. The van der Waals surface area contributed by atoms with Crippen LogP contribution in [0.5, 0.6) is 0 Å². The minimum Gasteiger partial charge on any atom is -0.481 e. The number of hydrogen-bond donors (Lipinski definition) is 2. The third-order valence-electron chi connectivity index (χ3n) is 4.72. The molecule has 0 aliphatic rings. The maximum absolute atomic E-state index is 11.0. The van der Waals surface area contributed by atoms with Gasteiger partial charge in [-0.3, -0.25) is 4.79 Å². The molecular formula is C20H40O3. The van der Waals surface area contributed by atoms with E-state index in [1.165, 1.54) is 57.8 Å². The maximum Gasteiger partial charge on any atom is 0.306 e. The van der Waals surface area contributed by atoms with Crippen LogP contribution in [0.1, 0.15) is 117 Å². The number of aliphatic hydroxyl groups is 1. The first kappa shape index (κ1) is 22.4. The molecule has 138 valence electrons. The Balaban J connectivity index is 3.87. The van der Waals surface area contributed by atoms with Crippen molar-refractivity contribution in [3.8, 4) is 0 Å². The largest absolute Gasteiger partial charge is 0.481 e. The molecule has 3 heteroatoms. The van der Waals surface area contributed by atoms with Crippen molar-refractivity contribution in [2.75, 3.05) is 0 Å². The van der Waals surface area contributed by atoms with Gasteiger partial charge in [-0.25, -0.2) is 0 Å². The average molecular weight is 329 g/mol. The fourth-order valence-electron chi connectivity index (χ4n) is 3.23. The van der Waals surface area contributed by atoms with Gasteiger partial charge < -0.3 is 10.2 Å². The van der Waals surface area contributed by atoms with Crippen molar-refractivity contribution in [2.24, 2.45) is 0 Å². The zero-order valence-corrected chi connectivity index (χ0v) is 15.6. The summed E-state index contributed by atoms with van der Waals surface area (Å²) < 4.78 is 0. The van der Waals surface area contributed by atoms with Gasteiger partial charge in [-0.2, -0.15) is 0 Å². The second kappa shape index (κ2) is 15.0. The summed E-state index contributed by atoms with van der Waals surface area (Å²) in [6, 6.07) is 0. The minimum absolute atomic E-state index is 0.0999. The number of carboxylic acid groups (broad SMARTS) is 1. The van der Waals surface area contributed by atoms with Gasteiger partial charge in [-0.15, -0.1) is 0 Å². The Hall–Kier alpha value is -0.570. The van der Waals surface area contributed by atoms with Crippen LogP contribution < -0.4 is 0 Å². The van der Waals surface area contributed by atoms with Gasteiger partial charge in [-0.1, -0.05) is 97.3 Å². The Labute approximate surface area is 143 Å². The molecule has 0 radical (unpaired) electrons. The van der Waals surface area contributed by atoms with Crippen molar-refractivity contribution >= 4 is 5.97 Å². The number of unbranched alkanes of at least 4 members (excludes halogenated alkanes) is 11. The molecule has 0 amide bonds. The predicted molar refractivity (Wildman–Crippen MR) is 97.8 cm³/mol. The summed E-state index contributed by atoms with van der Waals surface area (Å²) >= 11 is 0. The lowest BCUT2D eigenvalue weighted by Gasteiger charge is -2.26.